The van der Waals surface area contributed by atoms with Crippen LogP contribution >= 0.6 is 0 Å². The normalized spacial score (nSPS) is 15.2. The molecule has 1 aromatic carbocycles. The third-order valence-electron chi connectivity index (χ3n) is 2.54. The highest BCUT2D eigenvalue weighted by molar-refractivity contribution is 5.95. The molecule has 1 unspecified atom stereocenters. The number of hydrogen-bond acceptors (Lipinski definition) is 4. The molecule has 0 bridgehead atoms. The molecular weight excluding hydrogens is 220 g/mol. The fraction of sp³-hybridized carbons (Fsp3) is 0.417. The van der Waals surface area contributed by atoms with E-state index in [2.05, 4.69) is 5.32 Å². The predicted molar refractivity (Wildman–Crippen MR) is 63.4 cm³/mol. The monoisotopic (exact) mass is 236 g/mol. The Kier molecular flexibility index (Phi) is 3.49. The first-order valence-electron chi connectivity index (χ1n) is 5.61. The van der Waals surface area contributed by atoms with Gasteiger partial charge in [-0.05, 0) is 25.1 Å². The average molecular weight is 236 g/mol. The molecule has 17 heavy (non-hydrogen) atoms. The van der Waals surface area contributed by atoms with E-state index in [4.69, 9.17) is 15.2 Å². The number of hydrogen-bond donors (Lipinski definition) is 2. The lowest BCUT2D eigenvalue weighted by Gasteiger charge is -2.19. The number of fused-ring (bicyclic) bond motifs is 1. The highest BCUT2D eigenvalue weighted by Gasteiger charge is 2.15. The van der Waals surface area contributed by atoms with Gasteiger partial charge < -0.3 is 20.5 Å². The van der Waals surface area contributed by atoms with Crippen LogP contribution in [0.5, 0.6) is 11.5 Å². The Morgan fingerprint density at radius 3 is 2.82 bits per heavy atom. The molecule has 5 nitrogen and oxygen atoms in total. The third-order valence-corrected chi connectivity index (χ3v) is 2.54. The van der Waals surface area contributed by atoms with E-state index in [1.807, 2.05) is 6.92 Å². The summed E-state index contributed by atoms with van der Waals surface area (Å²) in [4.78, 5) is 11.8. The van der Waals surface area contributed by atoms with Crippen LogP contribution in [0, 0.1) is 0 Å². The zero-order chi connectivity index (χ0) is 12.3. The van der Waals surface area contributed by atoms with E-state index >= 15 is 0 Å². The van der Waals surface area contributed by atoms with Gasteiger partial charge in [-0.1, -0.05) is 0 Å². The van der Waals surface area contributed by atoms with Crippen molar-refractivity contribution in [3.8, 4) is 11.5 Å². The minimum absolute atomic E-state index is 0.0456. The first-order chi connectivity index (χ1) is 8.20. The molecule has 0 saturated heterocycles. The van der Waals surface area contributed by atoms with Gasteiger partial charge in [-0.3, -0.25) is 4.79 Å². The molecule has 1 atom stereocenters. The van der Waals surface area contributed by atoms with Crippen molar-refractivity contribution in [1.82, 2.24) is 5.32 Å². The summed E-state index contributed by atoms with van der Waals surface area (Å²) in [5.41, 5.74) is 6.00. The van der Waals surface area contributed by atoms with E-state index in [0.29, 0.717) is 36.8 Å². The average Bonchev–Trinajstić information content (AvgIpc) is 2.38. The first kappa shape index (κ1) is 11.7. The second-order valence-corrected chi connectivity index (χ2v) is 3.97. The van der Waals surface area contributed by atoms with Gasteiger partial charge in [-0.25, -0.2) is 0 Å². The number of carbonyl (C=O) groups is 1. The van der Waals surface area contributed by atoms with Crippen molar-refractivity contribution in [2.45, 2.75) is 13.0 Å². The second kappa shape index (κ2) is 5.05. The maximum atomic E-state index is 11.8. The van der Waals surface area contributed by atoms with Crippen LogP contribution in [0.25, 0.3) is 0 Å². The summed E-state index contributed by atoms with van der Waals surface area (Å²) >= 11 is 0. The lowest BCUT2D eigenvalue weighted by molar-refractivity contribution is 0.0940. The SMILES string of the molecule is CC(CN)NC(=O)c1ccc2c(c1)OCCO2. The molecular formula is C12H16N2O3. The van der Waals surface area contributed by atoms with Crippen molar-refractivity contribution in [2.24, 2.45) is 5.73 Å². The highest BCUT2D eigenvalue weighted by atomic mass is 16.6. The molecule has 1 heterocycles. The van der Waals surface area contributed by atoms with Gasteiger partial charge >= 0.3 is 0 Å². The number of benzene rings is 1. The number of carbonyl (C=O) groups excluding carboxylic acids is 1. The van der Waals surface area contributed by atoms with Crippen LogP contribution in [0.2, 0.25) is 0 Å². The number of nitrogens with two attached hydrogens (primary N) is 1. The van der Waals surface area contributed by atoms with Gasteiger partial charge in [0.1, 0.15) is 13.2 Å². The molecule has 0 saturated carbocycles. The Bertz CT molecular complexity index is 420. The van der Waals surface area contributed by atoms with E-state index in [9.17, 15) is 4.79 Å². The molecule has 1 amide bonds. The summed E-state index contributed by atoms with van der Waals surface area (Å²) in [5.74, 6) is 1.14. The number of rotatable bonds is 3. The molecule has 0 aromatic heterocycles. The largest absolute Gasteiger partial charge is 0.486 e. The fourth-order valence-electron chi connectivity index (χ4n) is 1.55. The molecule has 0 radical (unpaired) electrons. The second-order valence-electron chi connectivity index (χ2n) is 3.97. The molecule has 3 N–H and O–H groups in total. The number of ether oxygens (including phenoxy) is 2. The van der Waals surface area contributed by atoms with Crippen LogP contribution in [-0.2, 0) is 0 Å². The van der Waals surface area contributed by atoms with Crippen molar-refractivity contribution in [2.75, 3.05) is 19.8 Å². The molecule has 0 aliphatic carbocycles. The molecule has 0 fully saturated rings. The Morgan fingerprint density at radius 1 is 1.41 bits per heavy atom. The van der Waals surface area contributed by atoms with Crippen molar-refractivity contribution in [3.05, 3.63) is 23.8 Å². The van der Waals surface area contributed by atoms with Gasteiger partial charge in [0, 0.05) is 18.2 Å². The van der Waals surface area contributed by atoms with Crippen LogP contribution in [-0.4, -0.2) is 31.7 Å². The fourth-order valence-corrected chi connectivity index (χ4v) is 1.55. The lowest BCUT2D eigenvalue weighted by atomic mass is 10.1. The molecule has 0 spiro atoms. The molecule has 1 aromatic rings. The van der Waals surface area contributed by atoms with Crippen LogP contribution in [0.4, 0.5) is 0 Å². The first-order valence-corrected chi connectivity index (χ1v) is 5.61. The Balaban J connectivity index is 2.13. The summed E-state index contributed by atoms with van der Waals surface area (Å²) in [7, 11) is 0. The standard InChI is InChI=1S/C12H16N2O3/c1-8(7-13)14-12(15)9-2-3-10-11(6-9)17-5-4-16-10/h2-3,6,8H,4-5,7,13H2,1H3,(H,14,15). The zero-order valence-corrected chi connectivity index (χ0v) is 9.73. The van der Waals surface area contributed by atoms with Gasteiger partial charge in [0.05, 0.1) is 0 Å². The van der Waals surface area contributed by atoms with E-state index in [1.54, 1.807) is 18.2 Å². The van der Waals surface area contributed by atoms with E-state index < -0.39 is 0 Å². The van der Waals surface area contributed by atoms with E-state index in [0.717, 1.165) is 0 Å². The summed E-state index contributed by atoms with van der Waals surface area (Å²) in [5, 5.41) is 2.79. The Hall–Kier alpha value is -1.75. The highest BCUT2D eigenvalue weighted by Crippen LogP contribution is 2.30. The van der Waals surface area contributed by atoms with E-state index in [1.165, 1.54) is 0 Å². The molecule has 1 aliphatic heterocycles. The number of amides is 1. The van der Waals surface area contributed by atoms with Gasteiger partial charge in [-0.2, -0.15) is 0 Å². The summed E-state index contributed by atoms with van der Waals surface area (Å²) in [6.07, 6.45) is 0. The lowest BCUT2D eigenvalue weighted by Crippen LogP contribution is -2.37. The van der Waals surface area contributed by atoms with Crippen LogP contribution in [0.3, 0.4) is 0 Å². The minimum atomic E-state index is -0.153. The van der Waals surface area contributed by atoms with Gasteiger partial charge in [0.2, 0.25) is 0 Å². The number of nitrogens with one attached hydrogen (secondary N) is 1. The van der Waals surface area contributed by atoms with Gasteiger partial charge in [0.15, 0.2) is 11.5 Å². The van der Waals surface area contributed by atoms with Crippen molar-refractivity contribution in [1.29, 1.82) is 0 Å². The topological polar surface area (TPSA) is 73.6 Å². The summed E-state index contributed by atoms with van der Waals surface area (Å²) in [6.45, 7) is 3.33. The van der Waals surface area contributed by atoms with Crippen molar-refractivity contribution in [3.63, 3.8) is 0 Å². The third kappa shape index (κ3) is 2.68. The minimum Gasteiger partial charge on any atom is -0.486 e. The maximum Gasteiger partial charge on any atom is 0.251 e. The predicted octanol–water partition coefficient (Wildman–Crippen LogP) is 0.535. The zero-order valence-electron chi connectivity index (χ0n) is 9.73. The van der Waals surface area contributed by atoms with Crippen molar-refractivity contribution >= 4 is 5.91 Å². The molecule has 92 valence electrons. The Morgan fingerprint density at radius 2 is 2.12 bits per heavy atom. The van der Waals surface area contributed by atoms with Crippen LogP contribution in [0.1, 0.15) is 17.3 Å². The smallest absolute Gasteiger partial charge is 0.251 e. The summed E-state index contributed by atoms with van der Waals surface area (Å²) < 4.78 is 10.8. The summed E-state index contributed by atoms with van der Waals surface area (Å²) in [6, 6.07) is 5.10. The van der Waals surface area contributed by atoms with Gasteiger partial charge in [-0.15, -0.1) is 0 Å². The van der Waals surface area contributed by atoms with E-state index in [-0.39, 0.29) is 11.9 Å². The molecule has 5 heteroatoms. The van der Waals surface area contributed by atoms with Crippen molar-refractivity contribution < 1.29 is 14.3 Å². The molecule has 2 rings (SSSR count). The van der Waals surface area contributed by atoms with Crippen LogP contribution in [0.15, 0.2) is 18.2 Å². The van der Waals surface area contributed by atoms with Gasteiger partial charge in [0.25, 0.3) is 5.91 Å². The van der Waals surface area contributed by atoms with Crippen LogP contribution < -0.4 is 20.5 Å². The molecule has 1 aliphatic rings. The quantitative estimate of drug-likeness (QED) is 0.803. The maximum absolute atomic E-state index is 11.8. The Labute approximate surface area is 99.9 Å².